The van der Waals surface area contributed by atoms with Gasteiger partial charge in [-0.15, -0.1) is 0 Å². The highest BCUT2D eigenvalue weighted by atomic mass is 15.3. The molecule has 2 aliphatic heterocycles. The second-order valence-corrected chi connectivity index (χ2v) is 5.45. The van der Waals surface area contributed by atoms with E-state index in [1.807, 2.05) is 0 Å². The van der Waals surface area contributed by atoms with E-state index in [1.54, 1.807) is 0 Å². The van der Waals surface area contributed by atoms with Gasteiger partial charge in [-0.05, 0) is 32.0 Å². The topological polar surface area (TPSA) is 32.5 Å². The summed E-state index contributed by atoms with van der Waals surface area (Å²) in [5.41, 5.74) is 7.48. The van der Waals surface area contributed by atoms with Gasteiger partial charge < -0.3 is 10.6 Å². The zero-order valence-corrected chi connectivity index (χ0v) is 10.4. The summed E-state index contributed by atoms with van der Waals surface area (Å²) in [4.78, 5) is 5.05. The summed E-state index contributed by atoms with van der Waals surface area (Å²) >= 11 is 0. The molecule has 1 aromatic carbocycles. The normalized spacial score (nSPS) is 33.8. The minimum atomic E-state index is 0.402. The van der Waals surface area contributed by atoms with Gasteiger partial charge in [-0.25, -0.2) is 0 Å². The maximum atomic E-state index is 6.13. The average molecular weight is 231 g/mol. The molecule has 2 saturated heterocycles. The van der Waals surface area contributed by atoms with Gasteiger partial charge >= 0.3 is 0 Å². The molecule has 2 N–H and O–H groups in total. The van der Waals surface area contributed by atoms with Crippen LogP contribution in [-0.2, 0) is 0 Å². The zero-order valence-electron chi connectivity index (χ0n) is 10.4. The lowest BCUT2D eigenvalue weighted by atomic mass is 9.88. The molecule has 2 fully saturated rings. The van der Waals surface area contributed by atoms with Gasteiger partial charge in [-0.3, -0.25) is 4.90 Å². The van der Waals surface area contributed by atoms with Crippen LogP contribution in [0.5, 0.6) is 0 Å². The highest BCUT2D eigenvalue weighted by molar-refractivity contribution is 5.47. The van der Waals surface area contributed by atoms with Crippen LogP contribution >= 0.6 is 0 Å². The molecule has 0 spiro atoms. The van der Waals surface area contributed by atoms with Crippen LogP contribution in [0.4, 0.5) is 5.69 Å². The van der Waals surface area contributed by atoms with Crippen molar-refractivity contribution in [3.63, 3.8) is 0 Å². The molecule has 0 amide bonds. The zero-order chi connectivity index (χ0) is 11.8. The van der Waals surface area contributed by atoms with Crippen molar-refractivity contribution in [3.8, 4) is 0 Å². The summed E-state index contributed by atoms with van der Waals surface area (Å²) < 4.78 is 0. The molecular formula is C14H21N3. The number of hydrogen-bond acceptors (Lipinski definition) is 3. The van der Waals surface area contributed by atoms with Crippen molar-refractivity contribution in [1.82, 2.24) is 4.90 Å². The van der Waals surface area contributed by atoms with E-state index in [0.717, 1.165) is 25.9 Å². The number of piperazine rings is 1. The SMILES string of the molecule is CN1[C@@H]2C[C@@H](N)C[C@H]1CN(c1ccccc1)C2. The van der Waals surface area contributed by atoms with Gasteiger partial charge in [0, 0.05) is 36.9 Å². The third-order valence-corrected chi connectivity index (χ3v) is 4.29. The Bertz CT molecular complexity index is 362. The lowest BCUT2D eigenvalue weighted by Gasteiger charge is -2.50. The standard InChI is InChI=1S/C14H21N3/c1-16-13-7-11(15)8-14(16)10-17(9-13)12-5-3-2-4-6-12/h2-6,11,13-14H,7-10,15H2,1H3/t11-,13-,14+. The fraction of sp³-hybridized carbons (Fsp3) is 0.571. The second-order valence-electron chi connectivity index (χ2n) is 5.45. The molecule has 2 bridgehead atoms. The fourth-order valence-corrected chi connectivity index (χ4v) is 3.27. The highest BCUT2D eigenvalue weighted by Gasteiger charge is 2.37. The lowest BCUT2D eigenvalue weighted by molar-refractivity contribution is 0.0836. The van der Waals surface area contributed by atoms with Gasteiger partial charge in [0.2, 0.25) is 0 Å². The molecule has 1 aromatic rings. The Morgan fingerprint density at radius 2 is 1.65 bits per heavy atom. The van der Waals surface area contributed by atoms with Crippen LogP contribution in [-0.4, -0.2) is 43.2 Å². The molecule has 3 rings (SSSR count). The Morgan fingerprint density at radius 3 is 2.24 bits per heavy atom. The Hall–Kier alpha value is -1.06. The van der Waals surface area contributed by atoms with Crippen molar-refractivity contribution in [2.45, 2.75) is 31.0 Å². The predicted octanol–water partition coefficient (Wildman–Crippen LogP) is 1.30. The van der Waals surface area contributed by atoms with Crippen LogP contribution in [0.1, 0.15) is 12.8 Å². The first-order chi connectivity index (χ1) is 8.24. The van der Waals surface area contributed by atoms with Crippen LogP contribution in [0.3, 0.4) is 0 Å². The number of nitrogens with zero attached hydrogens (tertiary/aromatic N) is 2. The van der Waals surface area contributed by atoms with Gasteiger partial charge in [0.1, 0.15) is 0 Å². The van der Waals surface area contributed by atoms with Gasteiger partial charge in [0.25, 0.3) is 0 Å². The molecule has 92 valence electrons. The number of rotatable bonds is 1. The summed E-state index contributed by atoms with van der Waals surface area (Å²) in [6.45, 7) is 2.23. The average Bonchev–Trinajstić information content (AvgIpc) is 2.32. The number of nitrogens with two attached hydrogens (primary N) is 1. The number of likely N-dealkylation sites (N-methyl/N-ethyl adjacent to an activating group) is 1. The number of piperidine rings is 1. The molecule has 0 unspecified atom stereocenters. The fourth-order valence-electron chi connectivity index (χ4n) is 3.27. The summed E-state index contributed by atoms with van der Waals surface area (Å²) in [6, 6.07) is 12.4. The number of benzene rings is 1. The van der Waals surface area contributed by atoms with Crippen molar-refractivity contribution >= 4 is 5.69 Å². The molecule has 3 nitrogen and oxygen atoms in total. The number of fused-ring (bicyclic) bond motifs is 2. The summed E-state index contributed by atoms with van der Waals surface area (Å²) in [7, 11) is 2.25. The van der Waals surface area contributed by atoms with E-state index in [9.17, 15) is 0 Å². The van der Waals surface area contributed by atoms with Crippen molar-refractivity contribution in [1.29, 1.82) is 0 Å². The number of para-hydroxylation sites is 1. The molecule has 0 aliphatic carbocycles. The van der Waals surface area contributed by atoms with Crippen LogP contribution in [0, 0.1) is 0 Å². The third kappa shape index (κ3) is 2.05. The second kappa shape index (κ2) is 4.31. The third-order valence-electron chi connectivity index (χ3n) is 4.29. The minimum Gasteiger partial charge on any atom is -0.368 e. The Balaban J connectivity index is 1.79. The summed E-state index contributed by atoms with van der Waals surface area (Å²) in [6.07, 6.45) is 2.27. The van der Waals surface area contributed by atoms with Crippen LogP contribution in [0.2, 0.25) is 0 Å². The van der Waals surface area contributed by atoms with E-state index in [2.05, 4.69) is 47.2 Å². The van der Waals surface area contributed by atoms with Gasteiger partial charge in [0.05, 0.1) is 0 Å². The Morgan fingerprint density at radius 1 is 1.06 bits per heavy atom. The first-order valence-corrected chi connectivity index (χ1v) is 6.51. The number of anilines is 1. The van der Waals surface area contributed by atoms with Crippen molar-refractivity contribution in [2.24, 2.45) is 5.73 Å². The molecule has 17 heavy (non-hydrogen) atoms. The van der Waals surface area contributed by atoms with Crippen molar-refractivity contribution in [2.75, 3.05) is 25.0 Å². The van der Waals surface area contributed by atoms with E-state index >= 15 is 0 Å². The van der Waals surface area contributed by atoms with E-state index in [1.165, 1.54) is 5.69 Å². The van der Waals surface area contributed by atoms with Gasteiger partial charge in [0.15, 0.2) is 0 Å². The highest BCUT2D eigenvalue weighted by Crippen LogP contribution is 2.29. The maximum absolute atomic E-state index is 6.13. The monoisotopic (exact) mass is 231 g/mol. The predicted molar refractivity (Wildman–Crippen MR) is 71.2 cm³/mol. The first-order valence-electron chi connectivity index (χ1n) is 6.51. The van der Waals surface area contributed by atoms with Crippen molar-refractivity contribution in [3.05, 3.63) is 30.3 Å². The van der Waals surface area contributed by atoms with Crippen LogP contribution in [0.25, 0.3) is 0 Å². The lowest BCUT2D eigenvalue weighted by Crippen LogP contribution is -2.63. The molecule has 3 atom stereocenters. The van der Waals surface area contributed by atoms with Gasteiger partial charge in [-0.2, -0.15) is 0 Å². The molecule has 0 radical (unpaired) electrons. The molecule has 2 heterocycles. The Kier molecular flexibility index (Phi) is 2.81. The number of hydrogen-bond donors (Lipinski definition) is 1. The van der Waals surface area contributed by atoms with Crippen molar-refractivity contribution < 1.29 is 0 Å². The van der Waals surface area contributed by atoms with E-state index < -0.39 is 0 Å². The summed E-state index contributed by atoms with van der Waals surface area (Å²) in [5.74, 6) is 0. The van der Waals surface area contributed by atoms with Crippen LogP contribution in [0.15, 0.2) is 30.3 Å². The smallest absolute Gasteiger partial charge is 0.0367 e. The van der Waals surface area contributed by atoms with Crippen LogP contribution < -0.4 is 10.6 Å². The molecule has 0 saturated carbocycles. The minimum absolute atomic E-state index is 0.402. The van der Waals surface area contributed by atoms with E-state index in [4.69, 9.17) is 5.73 Å². The maximum Gasteiger partial charge on any atom is 0.0367 e. The Labute approximate surface area is 103 Å². The first kappa shape index (κ1) is 11.1. The molecular weight excluding hydrogens is 210 g/mol. The summed E-state index contributed by atoms with van der Waals surface area (Å²) in [5, 5.41) is 0. The molecule has 3 heteroatoms. The van der Waals surface area contributed by atoms with E-state index in [-0.39, 0.29) is 0 Å². The largest absolute Gasteiger partial charge is 0.368 e. The molecule has 2 aliphatic rings. The molecule has 0 aromatic heterocycles. The van der Waals surface area contributed by atoms with Gasteiger partial charge in [-0.1, -0.05) is 18.2 Å². The quantitative estimate of drug-likeness (QED) is 0.790. The van der Waals surface area contributed by atoms with E-state index in [0.29, 0.717) is 18.1 Å².